The monoisotopic (exact) mass is 365 g/mol. The van der Waals surface area contributed by atoms with Gasteiger partial charge in [0, 0.05) is 13.1 Å². The predicted molar refractivity (Wildman–Crippen MR) is 101 cm³/mol. The number of nitrogens with zero attached hydrogens (tertiary/aromatic N) is 1. The van der Waals surface area contributed by atoms with Crippen LogP contribution in [-0.4, -0.2) is 63.0 Å². The number of benzene rings is 1. The summed E-state index contributed by atoms with van der Waals surface area (Å²) < 4.78 is 16.0. The normalized spacial score (nSPS) is 15.7. The zero-order valence-corrected chi connectivity index (χ0v) is 16.3. The van der Waals surface area contributed by atoms with Crippen molar-refractivity contribution < 1.29 is 24.1 Å². The number of unbranched alkanes of at least 4 members (excludes halogenated alkanes) is 1. The Morgan fingerprint density at radius 2 is 1.73 bits per heavy atom. The topological polar surface area (TPSA) is 68.2 Å². The third-order valence-corrected chi connectivity index (χ3v) is 5.13. The van der Waals surface area contributed by atoms with Crippen LogP contribution in [0.3, 0.4) is 0 Å². The van der Waals surface area contributed by atoms with Crippen molar-refractivity contribution in [3.63, 3.8) is 0 Å². The van der Waals surface area contributed by atoms with Crippen LogP contribution >= 0.6 is 0 Å². The standard InChI is InChI=1S/C20H31NO5/c1-20(2,7-5-6-8-21-9-11-26-12-10-21)15-13-16(24-3)18(19(22)23)17(14-15)25-4/h13-14H,5-12H2,1-4H3,(H,22,23). The second-order valence-corrected chi connectivity index (χ2v) is 7.36. The van der Waals surface area contributed by atoms with Crippen molar-refractivity contribution in [1.29, 1.82) is 0 Å². The number of aromatic carboxylic acids is 1. The lowest BCUT2D eigenvalue weighted by Crippen LogP contribution is -2.36. The summed E-state index contributed by atoms with van der Waals surface area (Å²) in [4.78, 5) is 14.0. The number of hydrogen-bond donors (Lipinski definition) is 1. The molecule has 1 aromatic rings. The van der Waals surface area contributed by atoms with Gasteiger partial charge >= 0.3 is 5.97 Å². The van der Waals surface area contributed by atoms with Crippen molar-refractivity contribution in [1.82, 2.24) is 4.90 Å². The molecule has 0 bridgehead atoms. The molecule has 0 saturated carbocycles. The van der Waals surface area contributed by atoms with Crippen LogP contribution < -0.4 is 9.47 Å². The number of hydrogen-bond acceptors (Lipinski definition) is 5. The van der Waals surface area contributed by atoms with E-state index in [2.05, 4.69) is 18.7 Å². The highest BCUT2D eigenvalue weighted by Crippen LogP contribution is 2.37. The van der Waals surface area contributed by atoms with Crippen molar-refractivity contribution >= 4 is 5.97 Å². The molecule has 6 heteroatoms. The molecule has 0 aliphatic carbocycles. The van der Waals surface area contributed by atoms with Gasteiger partial charge in [-0.15, -0.1) is 0 Å². The van der Waals surface area contributed by atoms with Crippen LogP contribution in [0.25, 0.3) is 0 Å². The van der Waals surface area contributed by atoms with E-state index in [0.717, 1.165) is 57.7 Å². The molecular formula is C20H31NO5. The molecule has 0 unspecified atom stereocenters. The maximum absolute atomic E-state index is 11.5. The SMILES string of the molecule is COc1cc(C(C)(C)CCCCN2CCOCC2)cc(OC)c1C(=O)O. The lowest BCUT2D eigenvalue weighted by atomic mass is 9.79. The first-order valence-corrected chi connectivity index (χ1v) is 9.19. The molecule has 1 saturated heterocycles. The molecule has 0 radical (unpaired) electrons. The minimum Gasteiger partial charge on any atom is -0.496 e. The Morgan fingerprint density at radius 1 is 1.15 bits per heavy atom. The van der Waals surface area contributed by atoms with Crippen LogP contribution in [0.5, 0.6) is 11.5 Å². The first-order valence-electron chi connectivity index (χ1n) is 9.19. The molecule has 1 aromatic carbocycles. The van der Waals surface area contributed by atoms with E-state index in [1.54, 1.807) is 0 Å². The summed E-state index contributed by atoms with van der Waals surface area (Å²) in [6.07, 6.45) is 3.26. The number of carbonyl (C=O) groups is 1. The minimum atomic E-state index is -1.05. The molecule has 0 aromatic heterocycles. The average molecular weight is 365 g/mol. The molecule has 0 spiro atoms. The van der Waals surface area contributed by atoms with E-state index < -0.39 is 5.97 Å². The number of carboxylic acid groups (broad SMARTS) is 1. The summed E-state index contributed by atoms with van der Waals surface area (Å²) in [7, 11) is 2.97. The van der Waals surface area contributed by atoms with Crippen LogP contribution in [0.2, 0.25) is 0 Å². The molecule has 146 valence electrons. The number of ether oxygens (including phenoxy) is 3. The van der Waals surface area contributed by atoms with E-state index in [1.165, 1.54) is 14.2 Å². The van der Waals surface area contributed by atoms with E-state index in [9.17, 15) is 9.90 Å². The Bertz CT molecular complexity index is 583. The predicted octanol–water partition coefficient (Wildman–Crippen LogP) is 3.18. The van der Waals surface area contributed by atoms with E-state index in [0.29, 0.717) is 11.5 Å². The molecule has 1 aliphatic heterocycles. The van der Waals surface area contributed by atoms with E-state index in [4.69, 9.17) is 14.2 Å². The van der Waals surface area contributed by atoms with Gasteiger partial charge < -0.3 is 19.3 Å². The molecule has 26 heavy (non-hydrogen) atoms. The van der Waals surface area contributed by atoms with Crippen molar-refractivity contribution in [3.05, 3.63) is 23.3 Å². The third-order valence-electron chi connectivity index (χ3n) is 5.13. The average Bonchev–Trinajstić information content (AvgIpc) is 2.64. The van der Waals surface area contributed by atoms with Gasteiger partial charge in [-0.1, -0.05) is 20.3 Å². The van der Waals surface area contributed by atoms with E-state index in [1.807, 2.05) is 12.1 Å². The Kier molecular flexibility index (Phi) is 7.29. The fraction of sp³-hybridized carbons (Fsp3) is 0.650. The molecule has 1 aliphatic rings. The van der Waals surface area contributed by atoms with Crippen LogP contribution in [-0.2, 0) is 10.2 Å². The van der Waals surface area contributed by atoms with Gasteiger partial charge in [0.25, 0.3) is 0 Å². The van der Waals surface area contributed by atoms with Gasteiger partial charge in [-0.3, -0.25) is 4.90 Å². The van der Waals surface area contributed by atoms with Crippen LogP contribution in [0, 0.1) is 0 Å². The second-order valence-electron chi connectivity index (χ2n) is 7.36. The van der Waals surface area contributed by atoms with Gasteiger partial charge in [0.15, 0.2) is 0 Å². The summed E-state index contributed by atoms with van der Waals surface area (Å²) in [5.74, 6) is -0.366. The van der Waals surface area contributed by atoms with E-state index >= 15 is 0 Å². The zero-order valence-electron chi connectivity index (χ0n) is 16.3. The van der Waals surface area contributed by atoms with Gasteiger partial charge in [0.05, 0.1) is 27.4 Å². The molecule has 0 atom stereocenters. The number of morpholine rings is 1. The molecule has 6 nitrogen and oxygen atoms in total. The highest BCUT2D eigenvalue weighted by atomic mass is 16.5. The Morgan fingerprint density at radius 3 is 2.23 bits per heavy atom. The van der Waals surface area contributed by atoms with Crippen LogP contribution in [0.4, 0.5) is 0 Å². The number of carboxylic acids is 1. The molecular weight excluding hydrogens is 334 g/mol. The summed E-state index contributed by atoms with van der Waals surface area (Å²) in [5.41, 5.74) is 1.01. The largest absolute Gasteiger partial charge is 0.496 e. The van der Waals surface area contributed by atoms with Gasteiger partial charge in [0.2, 0.25) is 0 Å². The Hall–Kier alpha value is -1.79. The first kappa shape index (κ1) is 20.5. The summed E-state index contributed by atoms with van der Waals surface area (Å²) >= 11 is 0. The first-order chi connectivity index (χ1) is 12.4. The molecule has 1 fully saturated rings. The van der Waals surface area contributed by atoms with Crippen LogP contribution in [0.15, 0.2) is 12.1 Å². The van der Waals surface area contributed by atoms with Gasteiger partial charge in [-0.05, 0) is 42.5 Å². The molecule has 1 N–H and O–H groups in total. The highest BCUT2D eigenvalue weighted by molar-refractivity contribution is 5.94. The van der Waals surface area contributed by atoms with Crippen molar-refractivity contribution in [2.45, 2.75) is 38.5 Å². The molecule has 0 amide bonds. The number of rotatable bonds is 9. The van der Waals surface area contributed by atoms with Crippen molar-refractivity contribution in [2.24, 2.45) is 0 Å². The molecule has 1 heterocycles. The minimum absolute atomic E-state index is 0.0712. The fourth-order valence-corrected chi connectivity index (χ4v) is 3.38. The fourth-order valence-electron chi connectivity index (χ4n) is 3.38. The maximum atomic E-state index is 11.5. The van der Waals surface area contributed by atoms with Gasteiger partial charge in [-0.25, -0.2) is 4.79 Å². The van der Waals surface area contributed by atoms with E-state index in [-0.39, 0.29) is 11.0 Å². The Balaban J connectivity index is 2.03. The summed E-state index contributed by atoms with van der Waals surface area (Å²) in [6, 6.07) is 3.65. The quantitative estimate of drug-likeness (QED) is 0.678. The smallest absolute Gasteiger partial charge is 0.343 e. The van der Waals surface area contributed by atoms with Crippen molar-refractivity contribution in [2.75, 3.05) is 47.1 Å². The maximum Gasteiger partial charge on any atom is 0.343 e. The Labute approximate surface area is 156 Å². The highest BCUT2D eigenvalue weighted by Gasteiger charge is 2.26. The van der Waals surface area contributed by atoms with Gasteiger partial charge in [-0.2, -0.15) is 0 Å². The lowest BCUT2D eigenvalue weighted by molar-refractivity contribution is 0.0370. The van der Waals surface area contributed by atoms with Crippen LogP contribution in [0.1, 0.15) is 49.0 Å². The number of methoxy groups -OCH3 is 2. The lowest BCUT2D eigenvalue weighted by Gasteiger charge is -2.29. The summed E-state index contributed by atoms with van der Waals surface area (Å²) in [6.45, 7) is 9.17. The summed E-state index contributed by atoms with van der Waals surface area (Å²) in [5, 5.41) is 9.43. The van der Waals surface area contributed by atoms with Crippen molar-refractivity contribution in [3.8, 4) is 11.5 Å². The van der Waals surface area contributed by atoms with Gasteiger partial charge in [0.1, 0.15) is 17.1 Å². The molecule has 2 rings (SSSR count). The second kappa shape index (κ2) is 9.24. The zero-order chi connectivity index (χ0) is 19.2. The third kappa shape index (κ3) is 5.11.